The standard InChI is InChI=1S/C11H9ClFN3O/c12-9-2-1-8(5-10(9)13)17-11-7(6-14)3-4-15-16-11/h1-5H,6,14H2. The molecule has 2 N–H and O–H groups in total. The highest BCUT2D eigenvalue weighted by Gasteiger charge is 2.07. The Morgan fingerprint density at radius 3 is 2.88 bits per heavy atom. The molecule has 0 spiro atoms. The van der Waals surface area contributed by atoms with Gasteiger partial charge in [-0.3, -0.25) is 0 Å². The fourth-order valence-corrected chi connectivity index (χ4v) is 1.36. The summed E-state index contributed by atoms with van der Waals surface area (Å²) in [6.07, 6.45) is 1.51. The average Bonchev–Trinajstić information content (AvgIpc) is 2.34. The second-order valence-electron chi connectivity index (χ2n) is 3.24. The largest absolute Gasteiger partial charge is 0.437 e. The molecule has 17 heavy (non-hydrogen) atoms. The van der Waals surface area contributed by atoms with E-state index >= 15 is 0 Å². The summed E-state index contributed by atoms with van der Waals surface area (Å²) in [5.41, 5.74) is 6.21. The summed E-state index contributed by atoms with van der Waals surface area (Å²) in [4.78, 5) is 0. The number of halogens is 2. The van der Waals surface area contributed by atoms with E-state index in [0.29, 0.717) is 11.3 Å². The Kier molecular flexibility index (Phi) is 3.51. The van der Waals surface area contributed by atoms with Gasteiger partial charge in [0.25, 0.3) is 0 Å². The van der Waals surface area contributed by atoms with Gasteiger partial charge in [0.15, 0.2) is 0 Å². The van der Waals surface area contributed by atoms with Crippen LogP contribution in [-0.4, -0.2) is 10.2 Å². The van der Waals surface area contributed by atoms with Crippen LogP contribution < -0.4 is 10.5 Å². The van der Waals surface area contributed by atoms with Gasteiger partial charge in [-0.05, 0) is 18.2 Å². The zero-order valence-corrected chi connectivity index (χ0v) is 9.49. The summed E-state index contributed by atoms with van der Waals surface area (Å²) in [6.45, 7) is 0.265. The molecule has 0 aliphatic rings. The van der Waals surface area contributed by atoms with Crippen molar-refractivity contribution in [3.8, 4) is 11.6 Å². The van der Waals surface area contributed by atoms with Gasteiger partial charge in [0.1, 0.15) is 11.6 Å². The number of benzene rings is 1. The quantitative estimate of drug-likeness (QED) is 0.913. The van der Waals surface area contributed by atoms with Crippen molar-refractivity contribution in [3.05, 3.63) is 46.9 Å². The van der Waals surface area contributed by atoms with Crippen molar-refractivity contribution in [2.75, 3.05) is 0 Å². The molecule has 0 fully saturated rings. The molecule has 1 aromatic heterocycles. The highest BCUT2D eigenvalue weighted by atomic mass is 35.5. The van der Waals surface area contributed by atoms with E-state index in [1.54, 1.807) is 12.1 Å². The van der Waals surface area contributed by atoms with Gasteiger partial charge in [-0.15, -0.1) is 5.10 Å². The molecule has 1 heterocycles. The number of hydrogen-bond acceptors (Lipinski definition) is 4. The van der Waals surface area contributed by atoms with Crippen LogP contribution in [0.4, 0.5) is 4.39 Å². The summed E-state index contributed by atoms with van der Waals surface area (Å²) < 4.78 is 18.6. The minimum Gasteiger partial charge on any atom is -0.437 e. The second kappa shape index (κ2) is 5.07. The summed E-state index contributed by atoms with van der Waals surface area (Å²) in [5, 5.41) is 7.51. The molecule has 88 valence electrons. The minimum atomic E-state index is -0.553. The van der Waals surface area contributed by atoms with E-state index in [9.17, 15) is 4.39 Å². The van der Waals surface area contributed by atoms with Crippen molar-refractivity contribution < 1.29 is 9.13 Å². The first-order chi connectivity index (χ1) is 8.20. The summed E-state index contributed by atoms with van der Waals surface area (Å²) in [5.74, 6) is 0.00109. The van der Waals surface area contributed by atoms with E-state index < -0.39 is 5.82 Å². The van der Waals surface area contributed by atoms with Gasteiger partial charge in [-0.1, -0.05) is 11.6 Å². The van der Waals surface area contributed by atoms with Crippen LogP contribution >= 0.6 is 11.6 Å². The molecule has 0 bridgehead atoms. The van der Waals surface area contributed by atoms with Crippen LogP contribution in [0.1, 0.15) is 5.56 Å². The summed E-state index contributed by atoms with van der Waals surface area (Å²) in [6, 6.07) is 5.82. The number of rotatable bonds is 3. The summed E-state index contributed by atoms with van der Waals surface area (Å²) in [7, 11) is 0. The molecule has 2 rings (SSSR count). The van der Waals surface area contributed by atoms with Crippen LogP contribution in [0.25, 0.3) is 0 Å². The Bertz CT molecular complexity index is 536. The Morgan fingerprint density at radius 1 is 1.35 bits per heavy atom. The lowest BCUT2D eigenvalue weighted by molar-refractivity contribution is 0.444. The third-order valence-electron chi connectivity index (χ3n) is 2.09. The van der Waals surface area contributed by atoms with Gasteiger partial charge in [-0.2, -0.15) is 5.10 Å². The van der Waals surface area contributed by atoms with Crippen molar-refractivity contribution in [3.63, 3.8) is 0 Å². The molecular weight excluding hydrogens is 245 g/mol. The fourth-order valence-electron chi connectivity index (χ4n) is 1.24. The SMILES string of the molecule is NCc1ccnnc1Oc1ccc(Cl)c(F)c1. The molecule has 0 aliphatic heterocycles. The maximum Gasteiger partial charge on any atom is 0.243 e. The van der Waals surface area contributed by atoms with Crippen LogP contribution in [0.2, 0.25) is 5.02 Å². The number of ether oxygens (including phenoxy) is 1. The van der Waals surface area contributed by atoms with Crippen LogP contribution in [0.15, 0.2) is 30.5 Å². The average molecular weight is 254 g/mol. The molecule has 0 saturated carbocycles. The van der Waals surface area contributed by atoms with E-state index in [4.69, 9.17) is 22.1 Å². The molecule has 0 radical (unpaired) electrons. The maximum absolute atomic E-state index is 13.2. The van der Waals surface area contributed by atoms with Gasteiger partial charge in [0, 0.05) is 18.2 Å². The van der Waals surface area contributed by atoms with Crippen molar-refractivity contribution in [1.82, 2.24) is 10.2 Å². The Morgan fingerprint density at radius 2 is 2.18 bits per heavy atom. The lowest BCUT2D eigenvalue weighted by Crippen LogP contribution is -2.02. The maximum atomic E-state index is 13.2. The minimum absolute atomic E-state index is 0.0375. The van der Waals surface area contributed by atoms with Gasteiger partial charge >= 0.3 is 0 Å². The molecule has 0 saturated heterocycles. The van der Waals surface area contributed by atoms with E-state index in [1.807, 2.05) is 0 Å². The van der Waals surface area contributed by atoms with Crippen LogP contribution in [0, 0.1) is 5.82 Å². The molecule has 0 atom stereocenters. The van der Waals surface area contributed by atoms with E-state index in [2.05, 4.69) is 10.2 Å². The van der Waals surface area contributed by atoms with Gasteiger partial charge in [0.05, 0.1) is 11.2 Å². The second-order valence-corrected chi connectivity index (χ2v) is 3.65. The lowest BCUT2D eigenvalue weighted by atomic mass is 10.3. The third-order valence-corrected chi connectivity index (χ3v) is 2.40. The molecule has 6 heteroatoms. The monoisotopic (exact) mass is 253 g/mol. The highest BCUT2D eigenvalue weighted by molar-refractivity contribution is 6.30. The van der Waals surface area contributed by atoms with E-state index in [1.165, 1.54) is 18.3 Å². The van der Waals surface area contributed by atoms with E-state index in [-0.39, 0.29) is 17.4 Å². The third kappa shape index (κ3) is 2.69. The van der Waals surface area contributed by atoms with Crippen LogP contribution in [-0.2, 0) is 6.54 Å². The number of nitrogens with zero attached hydrogens (tertiary/aromatic N) is 2. The smallest absolute Gasteiger partial charge is 0.243 e. The topological polar surface area (TPSA) is 61.0 Å². The van der Waals surface area contributed by atoms with Gasteiger partial charge in [0.2, 0.25) is 5.88 Å². The number of hydrogen-bond donors (Lipinski definition) is 1. The summed E-state index contributed by atoms with van der Waals surface area (Å²) >= 11 is 5.56. The van der Waals surface area contributed by atoms with Crippen molar-refractivity contribution in [2.45, 2.75) is 6.54 Å². The predicted octanol–water partition coefficient (Wildman–Crippen LogP) is 2.52. The van der Waals surface area contributed by atoms with Gasteiger partial charge in [-0.25, -0.2) is 4.39 Å². The molecular formula is C11H9ClFN3O. The first-order valence-electron chi connectivity index (χ1n) is 4.84. The normalized spacial score (nSPS) is 10.3. The van der Waals surface area contributed by atoms with Gasteiger partial charge < -0.3 is 10.5 Å². The van der Waals surface area contributed by atoms with Crippen molar-refractivity contribution >= 4 is 11.6 Å². The number of nitrogens with two attached hydrogens (primary N) is 1. The van der Waals surface area contributed by atoms with E-state index in [0.717, 1.165) is 0 Å². The molecule has 0 unspecified atom stereocenters. The zero-order valence-electron chi connectivity index (χ0n) is 8.73. The first kappa shape index (κ1) is 11.8. The molecule has 0 aliphatic carbocycles. The first-order valence-corrected chi connectivity index (χ1v) is 5.22. The Balaban J connectivity index is 2.28. The molecule has 2 aromatic rings. The molecule has 4 nitrogen and oxygen atoms in total. The highest BCUT2D eigenvalue weighted by Crippen LogP contribution is 2.25. The number of aromatic nitrogens is 2. The molecule has 1 aromatic carbocycles. The molecule has 0 amide bonds. The Labute approximate surface area is 102 Å². The lowest BCUT2D eigenvalue weighted by Gasteiger charge is -2.07. The predicted molar refractivity (Wildman–Crippen MR) is 61.4 cm³/mol. The Hall–Kier alpha value is -1.72. The van der Waals surface area contributed by atoms with Crippen LogP contribution in [0.5, 0.6) is 11.6 Å². The van der Waals surface area contributed by atoms with Crippen molar-refractivity contribution in [2.24, 2.45) is 5.73 Å². The van der Waals surface area contributed by atoms with Crippen molar-refractivity contribution in [1.29, 1.82) is 0 Å². The zero-order chi connectivity index (χ0) is 12.3. The fraction of sp³-hybridized carbons (Fsp3) is 0.0909. The van der Waals surface area contributed by atoms with Crippen LogP contribution in [0.3, 0.4) is 0 Å².